The molecule has 0 radical (unpaired) electrons. The number of thiazole rings is 1. The van der Waals surface area contributed by atoms with E-state index < -0.39 is 0 Å². The van der Waals surface area contributed by atoms with Gasteiger partial charge in [0.15, 0.2) is 5.96 Å². The fourth-order valence-corrected chi connectivity index (χ4v) is 4.50. The van der Waals surface area contributed by atoms with E-state index >= 15 is 0 Å². The van der Waals surface area contributed by atoms with Gasteiger partial charge in [0, 0.05) is 49.2 Å². The van der Waals surface area contributed by atoms with E-state index in [1.807, 2.05) is 24.6 Å². The monoisotopic (exact) mass is 491 g/mol. The minimum absolute atomic E-state index is 0. The second-order valence-electron chi connectivity index (χ2n) is 5.82. The van der Waals surface area contributed by atoms with Crippen LogP contribution in [0.3, 0.4) is 0 Å². The number of hydrogen-bond acceptors (Lipinski definition) is 5. The molecule has 0 unspecified atom stereocenters. The maximum absolute atomic E-state index is 4.43. The van der Waals surface area contributed by atoms with Crippen molar-refractivity contribution in [3.05, 3.63) is 38.0 Å². The van der Waals surface area contributed by atoms with Gasteiger partial charge in [-0.3, -0.25) is 9.89 Å². The molecule has 2 aromatic rings. The van der Waals surface area contributed by atoms with Gasteiger partial charge in [0.2, 0.25) is 0 Å². The predicted molar refractivity (Wildman–Crippen MR) is 118 cm³/mol. The summed E-state index contributed by atoms with van der Waals surface area (Å²) in [5.74, 6) is 0.844. The average Bonchev–Trinajstić information content (AvgIpc) is 3.26. The van der Waals surface area contributed by atoms with Gasteiger partial charge in [0.25, 0.3) is 0 Å². The van der Waals surface area contributed by atoms with Crippen LogP contribution in [-0.2, 0) is 25.9 Å². The first-order valence-corrected chi connectivity index (χ1v) is 10.1. The quantitative estimate of drug-likeness (QED) is 0.371. The van der Waals surface area contributed by atoms with Crippen molar-refractivity contribution in [3.63, 3.8) is 0 Å². The lowest BCUT2D eigenvalue weighted by atomic mass is 10.1. The van der Waals surface area contributed by atoms with Crippen molar-refractivity contribution in [1.29, 1.82) is 0 Å². The Labute approximate surface area is 175 Å². The summed E-state index contributed by atoms with van der Waals surface area (Å²) in [6, 6.07) is 2.26. The van der Waals surface area contributed by atoms with Crippen LogP contribution in [0.25, 0.3) is 0 Å². The second-order valence-corrected chi connectivity index (χ2v) is 8.02. The number of nitrogens with zero attached hydrogens (tertiary/aromatic N) is 3. The van der Waals surface area contributed by atoms with Crippen molar-refractivity contribution >= 4 is 52.6 Å². The molecule has 1 aliphatic rings. The molecule has 0 atom stereocenters. The summed E-state index contributed by atoms with van der Waals surface area (Å²) in [5, 5.41) is 10.1. The Bertz CT molecular complexity index is 682. The highest BCUT2D eigenvalue weighted by Gasteiger charge is 2.16. The highest BCUT2D eigenvalue weighted by atomic mass is 127. The molecule has 1 aliphatic heterocycles. The second kappa shape index (κ2) is 10.4. The molecular weight excluding hydrogens is 465 g/mol. The lowest BCUT2D eigenvalue weighted by molar-refractivity contribution is 0.260. The van der Waals surface area contributed by atoms with Gasteiger partial charge in [-0.25, -0.2) is 4.98 Å². The molecule has 138 valence electrons. The summed E-state index contributed by atoms with van der Waals surface area (Å²) in [5.41, 5.74) is 1.50. The van der Waals surface area contributed by atoms with Crippen LogP contribution in [0.2, 0.25) is 0 Å². The van der Waals surface area contributed by atoms with Gasteiger partial charge in [0.1, 0.15) is 5.01 Å². The Morgan fingerprint density at radius 2 is 2.28 bits per heavy atom. The largest absolute Gasteiger partial charge is 0.355 e. The maximum Gasteiger partial charge on any atom is 0.191 e. The van der Waals surface area contributed by atoms with Crippen molar-refractivity contribution in [3.8, 4) is 0 Å². The van der Waals surface area contributed by atoms with E-state index in [1.165, 1.54) is 16.9 Å². The number of fused-ring (bicyclic) bond motifs is 1. The maximum atomic E-state index is 4.43. The van der Waals surface area contributed by atoms with E-state index in [9.17, 15) is 0 Å². The highest BCUT2D eigenvalue weighted by Crippen LogP contribution is 2.23. The van der Waals surface area contributed by atoms with Crippen molar-refractivity contribution in [2.45, 2.75) is 32.9 Å². The molecule has 0 aliphatic carbocycles. The van der Waals surface area contributed by atoms with Crippen molar-refractivity contribution in [2.24, 2.45) is 4.99 Å². The van der Waals surface area contributed by atoms with Gasteiger partial charge in [-0.1, -0.05) is 6.92 Å². The number of aliphatic imine (C=N–C) groups is 1. The van der Waals surface area contributed by atoms with Gasteiger partial charge in [-0.2, -0.15) is 0 Å². The molecule has 0 saturated heterocycles. The van der Waals surface area contributed by atoms with E-state index in [1.54, 1.807) is 16.2 Å². The molecule has 0 saturated carbocycles. The lowest BCUT2D eigenvalue weighted by Gasteiger charge is -2.27. The molecule has 8 heteroatoms. The SMILES string of the molecule is CCc1cnc(CNC(=NC)NCCN2CCc3sccc3C2)s1.I. The molecule has 2 aromatic heterocycles. The van der Waals surface area contributed by atoms with Gasteiger partial charge in [0.05, 0.1) is 6.54 Å². The Balaban J connectivity index is 0.00000225. The van der Waals surface area contributed by atoms with E-state index in [4.69, 9.17) is 0 Å². The van der Waals surface area contributed by atoms with Crippen LogP contribution in [0.4, 0.5) is 0 Å². The topological polar surface area (TPSA) is 52.6 Å². The summed E-state index contributed by atoms with van der Waals surface area (Å²) < 4.78 is 0. The molecule has 0 aromatic carbocycles. The van der Waals surface area contributed by atoms with Gasteiger partial charge >= 0.3 is 0 Å². The Kier molecular flexibility index (Phi) is 8.60. The fourth-order valence-electron chi connectivity index (χ4n) is 2.80. The normalized spacial score (nSPS) is 14.7. The summed E-state index contributed by atoms with van der Waals surface area (Å²) >= 11 is 3.65. The third-order valence-electron chi connectivity index (χ3n) is 4.19. The number of aromatic nitrogens is 1. The molecule has 25 heavy (non-hydrogen) atoms. The van der Waals surface area contributed by atoms with Crippen molar-refractivity contribution < 1.29 is 0 Å². The molecule has 2 N–H and O–H groups in total. The number of hydrogen-bond donors (Lipinski definition) is 2. The third-order valence-corrected chi connectivity index (χ3v) is 6.35. The van der Waals surface area contributed by atoms with Crippen LogP contribution in [0.5, 0.6) is 0 Å². The first-order chi connectivity index (χ1) is 11.8. The standard InChI is InChI=1S/C17H25N5S2.HI/c1-3-14-10-20-16(24-14)11-21-17(18-2)19-6-8-22-7-4-15-13(12-22)5-9-23-15;/h5,9-10H,3-4,6-8,11-12H2,1-2H3,(H2,18,19,21);1H. The van der Waals surface area contributed by atoms with Crippen LogP contribution in [-0.4, -0.2) is 42.5 Å². The summed E-state index contributed by atoms with van der Waals surface area (Å²) in [7, 11) is 1.81. The molecule has 0 spiro atoms. The first-order valence-electron chi connectivity index (χ1n) is 8.44. The molecular formula is C17H26IN5S2. The van der Waals surface area contributed by atoms with Crippen LogP contribution >= 0.6 is 46.7 Å². The fraction of sp³-hybridized carbons (Fsp3) is 0.529. The lowest BCUT2D eigenvalue weighted by Crippen LogP contribution is -2.42. The third kappa shape index (κ3) is 5.90. The number of aryl methyl sites for hydroxylation is 1. The van der Waals surface area contributed by atoms with Gasteiger partial charge < -0.3 is 10.6 Å². The minimum Gasteiger partial charge on any atom is -0.355 e. The van der Waals surface area contributed by atoms with E-state index in [0.29, 0.717) is 0 Å². The summed E-state index contributed by atoms with van der Waals surface area (Å²) in [4.78, 5) is 14.1. The van der Waals surface area contributed by atoms with Crippen LogP contribution in [0.1, 0.15) is 27.2 Å². The minimum atomic E-state index is 0. The number of thiophene rings is 1. The molecule has 0 bridgehead atoms. The van der Waals surface area contributed by atoms with Crippen molar-refractivity contribution in [1.82, 2.24) is 20.5 Å². The van der Waals surface area contributed by atoms with Crippen LogP contribution in [0.15, 0.2) is 22.6 Å². The smallest absolute Gasteiger partial charge is 0.191 e. The zero-order chi connectivity index (χ0) is 16.8. The van der Waals surface area contributed by atoms with Crippen LogP contribution in [0, 0.1) is 0 Å². The Morgan fingerprint density at radius 1 is 1.40 bits per heavy atom. The Morgan fingerprint density at radius 3 is 3.04 bits per heavy atom. The van der Waals surface area contributed by atoms with Crippen molar-refractivity contribution in [2.75, 3.05) is 26.7 Å². The van der Waals surface area contributed by atoms with Crippen LogP contribution < -0.4 is 10.6 Å². The number of halogens is 1. The number of nitrogens with one attached hydrogen (secondary N) is 2. The zero-order valence-corrected chi connectivity index (χ0v) is 18.7. The zero-order valence-electron chi connectivity index (χ0n) is 14.7. The molecule has 3 rings (SSSR count). The molecule has 5 nitrogen and oxygen atoms in total. The van der Waals surface area contributed by atoms with E-state index in [-0.39, 0.29) is 24.0 Å². The first kappa shape index (κ1) is 20.6. The average molecular weight is 491 g/mol. The summed E-state index contributed by atoms with van der Waals surface area (Å²) in [6.45, 7) is 7.05. The van der Waals surface area contributed by atoms with Gasteiger partial charge in [-0.15, -0.1) is 46.7 Å². The molecule has 3 heterocycles. The molecule has 0 fully saturated rings. The highest BCUT2D eigenvalue weighted by molar-refractivity contribution is 14.0. The number of rotatable bonds is 6. The predicted octanol–water partition coefficient (Wildman–Crippen LogP) is 3.11. The summed E-state index contributed by atoms with van der Waals surface area (Å²) in [6.07, 6.45) is 4.20. The van der Waals surface area contributed by atoms with Gasteiger partial charge in [-0.05, 0) is 29.9 Å². The Hall–Kier alpha value is -0.710. The van der Waals surface area contributed by atoms with E-state index in [2.05, 4.69) is 43.9 Å². The van der Waals surface area contributed by atoms with E-state index in [0.717, 1.165) is 50.1 Å². The number of guanidine groups is 1. The molecule has 0 amide bonds.